The van der Waals surface area contributed by atoms with Gasteiger partial charge in [0.1, 0.15) is 36.6 Å². The zero-order valence-electron chi connectivity index (χ0n) is 50.1. The van der Waals surface area contributed by atoms with Crippen molar-refractivity contribution in [2.24, 2.45) is 34.4 Å². The molecule has 6 aliphatic rings. The molecule has 18 N–H and O–H groups in total. The highest BCUT2D eigenvalue weighted by molar-refractivity contribution is 5.77. The van der Waals surface area contributed by atoms with Crippen LogP contribution in [0.15, 0.2) is 0 Å². The van der Waals surface area contributed by atoms with Crippen LogP contribution in [0, 0.1) is 0 Å². The lowest BCUT2D eigenvalue weighted by Gasteiger charge is -2.50. The highest BCUT2D eigenvalue weighted by atomic mass is 16.8. The maximum atomic E-state index is 13.3. The Labute approximate surface area is 522 Å². The molecule has 0 aromatic carbocycles. The van der Waals surface area contributed by atoms with Crippen molar-refractivity contribution in [1.29, 1.82) is 0 Å². The highest BCUT2D eigenvalue weighted by Crippen LogP contribution is 2.39. The molecule has 524 valence electrons. The largest absolute Gasteiger partial charge is 0.479 e. The van der Waals surface area contributed by atoms with Gasteiger partial charge in [-0.25, -0.2) is 28.8 Å². The number of ether oxygens (including phenoxy) is 19. The summed E-state index contributed by atoms with van der Waals surface area (Å²) in [5.41, 5.74) is 38.7. The van der Waals surface area contributed by atoms with Gasteiger partial charge in [-0.1, -0.05) is 0 Å². The Hall–Kier alpha value is -7.12. The number of carbonyl (C=O) groups is 12. The van der Waals surface area contributed by atoms with Crippen molar-refractivity contribution >= 4 is 71.6 Å². The third-order valence-electron chi connectivity index (χ3n) is 14.8. The monoisotopic (exact) mass is 1350 g/mol. The van der Waals surface area contributed by atoms with Crippen LogP contribution in [-0.2, 0) is 148 Å². The summed E-state index contributed by atoms with van der Waals surface area (Å²) >= 11 is 0. The van der Waals surface area contributed by atoms with Gasteiger partial charge < -0.3 is 155 Å². The Kier molecular flexibility index (Phi) is 25.3. The van der Waals surface area contributed by atoms with Gasteiger partial charge in [-0.05, 0) is 0 Å². The van der Waals surface area contributed by atoms with Crippen LogP contribution in [0.4, 0.5) is 0 Å². The van der Waals surface area contributed by atoms with Crippen LogP contribution < -0.4 is 34.4 Å². The van der Waals surface area contributed by atoms with Crippen LogP contribution >= 0.6 is 0 Å². The Bertz CT molecular complexity index is 2780. The predicted octanol–water partition coefficient (Wildman–Crippen LogP) is -9.02. The van der Waals surface area contributed by atoms with E-state index in [9.17, 15) is 88.2 Å². The lowest BCUT2D eigenvalue weighted by molar-refractivity contribution is -0.357. The maximum absolute atomic E-state index is 13.3. The molecule has 30 atom stereocenters. The number of carboxylic acids is 6. The minimum absolute atomic E-state index is 0.789. The summed E-state index contributed by atoms with van der Waals surface area (Å²) in [6, 6.07) is -11.3. The number of carbonyl (C=O) groups excluding carboxylic acids is 6. The fraction of sp³-hybridized carbons (Fsp3) is 0.760. The van der Waals surface area contributed by atoms with Gasteiger partial charge in [0.25, 0.3) is 0 Å². The number of nitrogens with two attached hydrogens (primary N) is 6. The van der Waals surface area contributed by atoms with Crippen LogP contribution in [0.3, 0.4) is 0 Å². The molecule has 0 spiro atoms. The summed E-state index contributed by atoms with van der Waals surface area (Å²) in [6.45, 7) is 5.11. The number of carboxylic acid groups (broad SMARTS) is 6. The van der Waals surface area contributed by atoms with Crippen LogP contribution in [0.5, 0.6) is 0 Å². The summed E-state index contributed by atoms with van der Waals surface area (Å²) in [7, 11) is 2.12. The molecule has 0 bridgehead atoms. The molecule has 0 unspecified atom stereocenters. The first-order valence-corrected chi connectivity index (χ1v) is 27.6. The van der Waals surface area contributed by atoms with Crippen LogP contribution in [0.2, 0.25) is 0 Å². The second-order valence-electron chi connectivity index (χ2n) is 21.4. The number of esters is 6. The molecule has 6 aliphatic heterocycles. The van der Waals surface area contributed by atoms with Crippen molar-refractivity contribution < 1.29 is 178 Å². The molecule has 0 aromatic rings. The molecule has 0 radical (unpaired) electrons. The predicted molar refractivity (Wildman–Crippen MR) is 281 cm³/mol. The van der Waals surface area contributed by atoms with E-state index in [2.05, 4.69) is 0 Å². The number of aliphatic carboxylic acids is 6. The molecular formula is C50H72N6O37. The molecule has 0 aliphatic carbocycles. The molecular weight excluding hydrogens is 1280 g/mol. The van der Waals surface area contributed by atoms with E-state index < -0.39 is 255 Å². The first kappa shape index (κ1) is 74.9. The Morgan fingerprint density at radius 3 is 0.548 bits per heavy atom. The summed E-state index contributed by atoms with van der Waals surface area (Å²) in [5, 5.41) is 62.7. The van der Waals surface area contributed by atoms with Crippen molar-refractivity contribution in [3.8, 4) is 0 Å². The van der Waals surface area contributed by atoms with E-state index in [1.54, 1.807) is 0 Å². The molecule has 43 heteroatoms. The van der Waals surface area contributed by atoms with E-state index in [1.807, 2.05) is 0 Å². The number of methoxy groups -OCH3 is 2. The standard InChI is InChI=1S/C50H72N6O37/c1-9(57)77-21-16(52)46(89-33(39(63)64)27(21)75-7)84-29-23(79-11(3)59)18(54)48(91-35(29)41(67)68)86-31-25(81-13(5)61)20(56)50(93-37(31)43(71)72)87-32-26(82-14(6)62)19(55)49(92-38(32)44(73)74)85-30-24(80-12(4)60)17(53)47(90-36(30)42(69)70)83-28-22(78-10(2)58)15(51)45(76-8)88-34(28)40(65)66/h15-38,45-50H,51-56H2,1-8H3,(H,63,64)(H,65,66)(H,67,68)(H,69,70)(H,71,72)(H,73,74)/t15-,16-,17-,18-,19-,20-,21-,22-,23-,24-,25-,26-,27-,28-,29-,30-,31-,32-,33+,34+,35+,36+,37+,38+,45+,46+,47+,48+,49+,50+/m1/s1. The molecule has 93 heavy (non-hydrogen) atoms. The second-order valence-corrected chi connectivity index (χ2v) is 21.4. The molecule has 6 saturated heterocycles. The second kappa shape index (κ2) is 31.4. The van der Waals surface area contributed by atoms with Crippen LogP contribution in [-0.4, -0.2) is 300 Å². The van der Waals surface area contributed by atoms with Crippen LogP contribution in [0.1, 0.15) is 41.5 Å². The van der Waals surface area contributed by atoms with E-state index in [-0.39, 0.29) is 0 Å². The molecule has 6 heterocycles. The lowest BCUT2D eigenvalue weighted by atomic mass is 9.93. The zero-order valence-corrected chi connectivity index (χ0v) is 50.1. The van der Waals surface area contributed by atoms with Gasteiger partial charge in [0.05, 0.1) is 36.3 Å². The summed E-state index contributed by atoms with van der Waals surface area (Å²) in [5.74, 6) is -18.3. The van der Waals surface area contributed by atoms with Crippen molar-refractivity contribution in [2.45, 2.75) is 225 Å². The first-order valence-electron chi connectivity index (χ1n) is 27.6. The van der Waals surface area contributed by atoms with E-state index in [4.69, 9.17) is 124 Å². The SMILES string of the molecule is CO[C@H]1O[C@H](C(=O)O)[C@H](O[C@H]2O[C@H](C(=O)O)[C@H](O[C@H]3O[C@H](C(=O)O)[C@H](O[C@H]4O[C@H](C(=O)O)[C@H](O[C@H]5O[C@H](C(=O)O)[C@H](O[C@H]6O[C@H](C(=O)O)[C@H](OC)[C@H](OC(C)=O)[C@H]6N)[C@H](OC(C)=O)[C@H]5N)[C@H](OC(C)=O)[C@H]4N)[C@H](OC(C)=O)[C@H]3N)[C@H](OC(C)=O)[C@H]2N)[C@H](OC(C)=O)[C@H]1N. The lowest BCUT2D eigenvalue weighted by Crippen LogP contribution is -2.72. The molecule has 6 rings (SSSR count). The molecule has 0 amide bonds. The van der Waals surface area contributed by atoms with Gasteiger partial charge in [-0.3, -0.25) is 28.8 Å². The Morgan fingerprint density at radius 1 is 0.247 bits per heavy atom. The minimum atomic E-state index is -2.56. The topological polar surface area (TPSA) is 658 Å². The molecule has 6 fully saturated rings. The number of hydrogen-bond acceptors (Lipinski definition) is 37. The molecule has 43 nitrogen and oxygen atoms in total. The van der Waals surface area contributed by atoms with Gasteiger partial charge in [0, 0.05) is 55.8 Å². The van der Waals surface area contributed by atoms with E-state index in [0.29, 0.717) is 0 Å². The quantitative estimate of drug-likeness (QED) is 0.0315. The maximum Gasteiger partial charge on any atom is 0.335 e. The average Bonchev–Trinajstić information content (AvgIpc) is 0.781. The smallest absolute Gasteiger partial charge is 0.335 e. The van der Waals surface area contributed by atoms with Gasteiger partial charge in [-0.15, -0.1) is 0 Å². The Morgan fingerprint density at radius 2 is 0.398 bits per heavy atom. The van der Waals surface area contributed by atoms with Gasteiger partial charge in [0.2, 0.25) is 0 Å². The van der Waals surface area contributed by atoms with E-state index in [1.165, 1.54) is 0 Å². The molecule has 0 saturated carbocycles. The summed E-state index contributed by atoms with van der Waals surface area (Å²) in [4.78, 5) is 153. The molecule has 0 aromatic heterocycles. The van der Waals surface area contributed by atoms with Crippen molar-refractivity contribution in [3.05, 3.63) is 0 Å². The van der Waals surface area contributed by atoms with Crippen molar-refractivity contribution in [1.82, 2.24) is 0 Å². The third-order valence-corrected chi connectivity index (χ3v) is 14.8. The number of hydrogen-bond donors (Lipinski definition) is 12. The zero-order chi connectivity index (χ0) is 69.7. The van der Waals surface area contributed by atoms with Gasteiger partial charge >= 0.3 is 71.6 Å². The minimum Gasteiger partial charge on any atom is -0.479 e. The summed E-state index contributed by atoms with van der Waals surface area (Å²) in [6.07, 6.45) is -51.5. The normalized spacial score (nSPS) is 41.0. The Balaban J connectivity index is 1.30. The third kappa shape index (κ3) is 17.1. The van der Waals surface area contributed by atoms with Gasteiger partial charge in [-0.2, -0.15) is 0 Å². The van der Waals surface area contributed by atoms with Gasteiger partial charge in [0.15, 0.2) is 111 Å². The summed E-state index contributed by atoms with van der Waals surface area (Å²) < 4.78 is 106. The van der Waals surface area contributed by atoms with Crippen molar-refractivity contribution in [3.63, 3.8) is 0 Å². The van der Waals surface area contributed by atoms with Crippen LogP contribution in [0.25, 0.3) is 0 Å². The number of rotatable bonds is 24. The highest BCUT2D eigenvalue weighted by Gasteiger charge is 2.63. The fourth-order valence-corrected chi connectivity index (χ4v) is 11.0. The average molecular weight is 1350 g/mol. The van der Waals surface area contributed by atoms with E-state index in [0.717, 1.165) is 55.8 Å². The van der Waals surface area contributed by atoms with E-state index >= 15 is 0 Å². The first-order chi connectivity index (χ1) is 43.4. The fourth-order valence-electron chi connectivity index (χ4n) is 11.0. The van der Waals surface area contributed by atoms with Crippen molar-refractivity contribution in [2.75, 3.05) is 14.2 Å².